The van der Waals surface area contributed by atoms with Crippen LogP contribution in [0.3, 0.4) is 0 Å². The summed E-state index contributed by atoms with van der Waals surface area (Å²) in [7, 11) is 0. The Labute approximate surface area is 329 Å². The van der Waals surface area contributed by atoms with Gasteiger partial charge in [-0.05, 0) is 69.8 Å². The van der Waals surface area contributed by atoms with Crippen LogP contribution in [0.15, 0.2) is 200 Å². The van der Waals surface area contributed by atoms with Crippen molar-refractivity contribution in [1.82, 2.24) is 19.5 Å². The molecule has 266 valence electrons. The Bertz CT molecular complexity index is 3080. The van der Waals surface area contributed by atoms with E-state index in [0.717, 1.165) is 33.2 Å². The van der Waals surface area contributed by atoms with Gasteiger partial charge in [-0.3, -0.25) is 4.57 Å². The van der Waals surface area contributed by atoms with Gasteiger partial charge in [-0.25, -0.2) is 4.98 Å². The summed E-state index contributed by atoms with van der Waals surface area (Å²) in [5.41, 5.74) is 14.5. The van der Waals surface area contributed by atoms with E-state index in [1.54, 1.807) is 0 Å². The van der Waals surface area contributed by atoms with Crippen molar-refractivity contribution in [1.29, 1.82) is 0 Å². The predicted octanol–water partition coefficient (Wildman–Crippen LogP) is 12.4. The Hall–Kier alpha value is -7.63. The lowest BCUT2D eigenvalue weighted by atomic mass is 9.64. The van der Waals surface area contributed by atoms with Crippen molar-refractivity contribution in [2.24, 2.45) is 0 Å². The first kappa shape index (κ1) is 31.7. The molecule has 0 bridgehead atoms. The van der Waals surface area contributed by atoms with Crippen LogP contribution in [-0.4, -0.2) is 19.5 Å². The van der Waals surface area contributed by atoms with Gasteiger partial charge in [0, 0.05) is 27.6 Å². The molecule has 57 heavy (non-hydrogen) atoms. The van der Waals surface area contributed by atoms with Crippen LogP contribution in [0.2, 0.25) is 0 Å². The molecule has 3 heterocycles. The summed E-state index contributed by atoms with van der Waals surface area (Å²) in [6.07, 6.45) is 0. The maximum Gasteiger partial charge on any atom is 0.238 e. The van der Waals surface area contributed by atoms with Crippen molar-refractivity contribution < 1.29 is 0 Å². The van der Waals surface area contributed by atoms with Gasteiger partial charge >= 0.3 is 0 Å². The number of rotatable bonds is 4. The van der Waals surface area contributed by atoms with Crippen LogP contribution in [0.5, 0.6) is 0 Å². The minimum absolute atomic E-state index is 0.560. The summed E-state index contributed by atoms with van der Waals surface area (Å²) in [5, 5.41) is 2.35. The lowest BCUT2D eigenvalue weighted by Crippen LogP contribution is -2.36. The van der Waals surface area contributed by atoms with E-state index in [9.17, 15) is 0 Å². The van der Waals surface area contributed by atoms with E-state index in [1.165, 1.54) is 50.1 Å². The first-order valence-electron chi connectivity index (χ1n) is 19.4. The quantitative estimate of drug-likeness (QED) is 0.181. The number of hydrogen-bond donors (Lipinski definition) is 0. The smallest absolute Gasteiger partial charge is 0.238 e. The molecule has 1 spiro atoms. The van der Waals surface area contributed by atoms with Crippen LogP contribution in [0.4, 0.5) is 17.1 Å². The van der Waals surface area contributed by atoms with Gasteiger partial charge < -0.3 is 4.90 Å². The number of hydrogen-bond acceptors (Lipinski definition) is 4. The molecule has 0 amide bonds. The summed E-state index contributed by atoms with van der Waals surface area (Å²) < 4.78 is 2.24. The van der Waals surface area contributed by atoms with Gasteiger partial charge in [0.05, 0.1) is 27.8 Å². The van der Waals surface area contributed by atoms with E-state index in [2.05, 4.69) is 173 Å². The molecule has 0 saturated heterocycles. The Morgan fingerprint density at radius 2 is 0.912 bits per heavy atom. The third-order valence-corrected chi connectivity index (χ3v) is 11.8. The summed E-state index contributed by atoms with van der Waals surface area (Å²) in [4.78, 5) is 17.9. The molecule has 10 aromatic rings. The average Bonchev–Trinajstić information content (AvgIpc) is 3.78. The first-order chi connectivity index (χ1) is 28.3. The first-order valence-corrected chi connectivity index (χ1v) is 19.4. The van der Waals surface area contributed by atoms with Crippen molar-refractivity contribution >= 4 is 38.9 Å². The van der Waals surface area contributed by atoms with Crippen molar-refractivity contribution in [3.63, 3.8) is 0 Å². The third kappa shape index (κ3) is 4.42. The van der Waals surface area contributed by atoms with Crippen LogP contribution >= 0.6 is 0 Å². The van der Waals surface area contributed by atoms with Gasteiger partial charge in [-0.2, -0.15) is 9.97 Å². The Balaban J connectivity index is 1.19. The van der Waals surface area contributed by atoms with E-state index in [0.29, 0.717) is 17.6 Å². The number of anilines is 3. The number of para-hydroxylation sites is 4. The summed E-state index contributed by atoms with van der Waals surface area (Å²) in [5.74, 6) is 1.85. The largest absolute Gasteiger partial charge is 0.310 e. The second kappa shape index (κ2) is 12.2. The lowest BCUT2D eigenvalue weighted by molar-refractivity contribution is 0.753. The molecular formula is C52H33N5. The van der Waals surface area contributed by atoms with Crippen molar-refractivity contribution in [3.8, 4) is 39.9 Å². The summed E-state index contributed by atoms with van der Waals surface area (Å²) in [6.45, 7) is 0. The standard InChI is InChI=1S/C52H33N5/c1-4-18-34(19-5-1)49-53-50(35-20-6-2-7-21-35)55-51(54-49)57-43-29-15-11-25-38(43)48-46(57)33-32-42-47(48)37-24-10-12-26-39(37)52(42)40-27-13-16-30-44(40)56(36-22-8-3-9-23-36)45-31-17-14-28-41(45)52/h1-33H. The van der Waals surface area contributed by atoms with Crippen molar-refractivity contribution in [2.75, 3.05) is 4.90 Å². The molecule has 0 atom stereocenters. The van der Waals surface area contributed by atoms with E-state index < -0.39 is 5.41 Å². The highest BCUT2D eigenvalue weighted by Gasteiger charge is 2.52. The average molecular weight is 728 g/mol. The number of aromatic nitrogens is 4. The van der Waals surface area contributed by atoms with Gasteiger partial charge in [0.2, 0.25) is 5.95 Å². The van der Waals surface area contributed by atoms with Gasteiger partial charge in [-0.15, -0.1) is 0 Å². The zero-order valence-electron chi connectivity index (χ0n) is 30.8. The Morgan fingerprint density at radius 3 is 1.56 bits per heavy atom. The molecule has 2 aliphatic rings. The topological polar surface area (TPSA) is 46.8 Å². The molecule has 8 aromatic carbocycles. The molecule has 5 nitrogen and oxygen atoms in total. The minimum atomic E-state index is -0.560. The third-order valence-electron chi connectivity index (χ3n) is 11.8. The molecule has 0 radical (unpaired) electrons. The molecule has 0 N–H and O–H groups in total. The Morgan fingerprint density at radius 1 is 0.386 bits per heavy atom. The monoisotopic (exact) mass is 727 g/mol. The SMILES string of the molecule is c1ccc(-c2nc(-c3ccccc3)nc(-n3c4ccccc4c4c5c(ccc43)C3(c4ccccc4-5)c4ccccc4N(c4ccccc4)c4ccccc43)n2)cc1. The zero-order chi connectivity index (χ0) is 37.5. The maximum absolute atomic E-state index is 5.22. The summed E-state index contributed by atoms with van der Waals surface area (Å²) in [6, 6.07) is 71.4. The molecular weight excluding hydrogens is 695 g/mol. The van der Waals surface area contributed by atoms with Gasteiger partial charge in [0.25, 0.3) is 0 Å². The highest BCUT2D eigenvalue weighted by atomic mass is 15.2. The second-order valence-electron chi connectivity index (χ2n) is 14.8. The van der Waals surface area contributed by atoms with Crippen molar-refractivity contribution in [3.05, 3.63) is 222 Å². The predicted molar refractivity (Wildman–Crippen MR) is 231 cm³/mol. The van der Waals surface area contributed by atoms with Crippen LogP contribution in [0, 0.1) is 0 Å². The lowest BCUT2D eigenvalue weighted by Gasteiger charge is -2.45. The second-order valence-corrected chi connectivity index (χ2v) is 14.8. The number of fused-ring (bicyclic) bond motifs is 13. The van der Waals surface area contributed by atoms with E-state index in [1.807, 2.05) is 36.4 Å². The normalized spacial score (nSPS) is 13.4. The van der Waals surface area contributed by atoms with E-state index in [-0.39, 0.29) is 0 Å². The van der Waals surface area contributed by atoms with Gasteiger partial charge in [-0.1, -0.05) is 164 Å². The minimum Gasteiger partial charge on any atom is -0.310 e. The Kier molecular flexibility index (Phi) is 6.78. The van der Waals surface area contributed by atoms with E-state index >= 15 is 0 Å². The van der Waals surface area contributed by atoms with E-state index in [4.69, 9.17) is 15.0 Å². The molecule has 5 heteroatoms. The van der Waals surface area contributed by atoms with Crippen LogP contribution in [0.1, 0.15) is 22.3 Å². The fraction of sp³-hybridized carbons (Fsp3) is 0.0192. The fourth-order valence-corrected chi connectivity index (χ4v) is 9.62. The number of nitrogens with zero attached hydrogens (tertiary/aromatic N) is 5. The summed E-state index contributed by atoms with van der Waals surface area (Å²) >= 11 is 0. The van der Waals surface area contributed by atoms with Crippen molar-refractivity contribution in [2.45, 2.75) is 5.41 Å². The zero-order valence-corrected chi connectivity index (χ0v) is 30.8. The van der Waals surface area contributed by atoms with Gasteiger partial charge in [0.15, 0.2) is 11.6 Å². The van der Waals surface area contributed by atoms with Crippen LogP contribution < -0.4 is 4.90 Å². The van der Waals surface area contributed by atoms with Gasteiger partial charge in [0.1, 0.15) is 0 Å². The molecule has 0 unspecified atom stereocenters. The maximum atomic E-state index is 5.22. The van der Waals surface area contributed by atoms with Crippen LogP contribution in [0.25, 0.3) is 61.7 Å². The highest BCUT2D eigenvalue weighted by molar-refractivity contribution is 6.18. The van der Waals surface area contributed by atoms with Crippen LogP contribution in [-0.2, 0) is 5.41 Å². The molecule has 0 fully saturated rings. The fourth-order valence-electron chi connectivity index (χ4n) is 9.62. The molecule has 2 aromatic heterocycles. The molecule has 0 saturated carbocycles. The molecule has 1 aliphatic heterocycles. The molecule has 12 rings (SSSR count). The molecule has 1 aliphatic carbocycles. The number of benzene rings is 8. The highest BCUT2D eigenvalue weighted by Crippen LogP contribution is 2.64.